The van der Waals surface area contributed by atoms with Crippen LogP contribution in [0.1, 0.15) is 31.2 Å². The molecule has 1 aliphatic carbocycles. The van der Waals surface area contributed by atoms with E-state index in [1.165, 1.54) is 25.0 Å². The van der Waals surface area contributed by atoms with Crippen molar-refractivity contribution < 1.29 is 13.6 Å². The molecule has 1 aromatic carbocycles. The van der Waals surface area contributed by atoms with Crippen molar-refractivity contribution in [3.8, 4) is 0 Å². The molecule has 1 aromatic rings. The second-order valence-corrected chi connectivity index (χ2v) is 6.40. The lowest BCUT2D eigenvalue weighted by molar-refractivity contribution is -0.131. The van der Waals surface area contributed by atoms with Crippen molar-refractivity contribution in [1.29, 1.82) is 0 Å². The van der Waals surface area contributed by atoms with Crippen LogP contribution in [-0.4, -0.2) is 36.5 Å². The summed E-state index contributed by atoms with van der Waals surface area (Å²) < 4.78 is 26.8. The van der Waals surface area contributed by atoms with Crippen LogP contribution in [-0.2, 0) is 11.2 Å². The van der Waals surface area contributed by atoms with E-state index in [-0.39, 0.29) is 17.9 Å². The Hall–Kier alpha value is -1.49. The Morgan fingerprint density at radius 2 is 1.91 bits per heavy atom. The van der Waals surface area contributed by atoms with Crippen LogP contribution in [0.4, 0.5) is 8.78 Å². The fourth-order valence-corrected chi connectivity index (χ4v) is 2.95. The minimum atomic E-state index is -0.906. The number of hydrogen-bond donors (Lipinski definition) is 1. The van der Waals surface area contributed by atoms with Crippen molar-refractivity contribution in [2.24, 2.45) is 5.92 Å². The number of rotatable bonds is 5. The number of halogens is 2. The Kier molecular flexibility index (Phi) is 4.71. The number of hydrogen-bond acceptors (Lipinski definition) is 2. The summed E-state index contributed by atoms with van der Waals surface area (Å²) in [4.78, 5) is 14.0. The molecule has 1 aliphatic heterocycles. The van der Waals surface area contributed by atoms with Gasteiger partial charge in [-0.25, -0.2) is 8.78 Å². The van der Waals surface area contributed by atoms with Crippen molar-refractivity contribution in [2.45, 2.75) is 38.1 Å². The number of carbonyl (C=O) groups excluding carboxylic acids is 1. The Morgan fingerprint density at radius 1 is 1.18 bits per heavy atom. The molecular formula is C17H22F2N2O. The van der Waals surface area contributed by atoms with E-state index in [4.69, 9.17) is 0 Å². The van der Waals surface area contributed by atoms with Crippen molar-refractivity contribution in [3.63, 3.8) is 0 Å². The van der Waals surface area contributed by atoms with E-state index < -0.39 is 11.6 Å². The molecule has 0 atom stereocenters. The first kappa shape index (κ1) is 15.4. The zero-order valence-electron chi connectivity index (χ0n) is 12.7. The number of nitrogens with one attached hydrogen (secondary N) is 1. The van der Waals surface area contributed by atoms with Gasteiger partial charge in [0.2, 0.25) is 5.91 Å². The van der Waals surface area contributed by atoms with Gasteiger partial charge in [-0.3, -0.25) is 4.79 Å². The SMILES string of the molecule is O=C(Cc1cccc(F)c1F)N1CCC(NCC2CC2)CC1. The number of amides is 1. The summed E-state index contributed by atoms with van der Waals surface area (Å²) in [6.45, 7) is 2.48. The molecule has 1 saturated heterocycles. The molecule has 22 heavy (non-hydrogen) atoms. The van der Waals surface area contributed by atoms with E-state index in [0.29, 0.717) is 19.1 Å². The topological polar surface area (TPSA) is 32.3 Å². The van der Waals surface area contributed by atoms with Gasteiger partial charge >= 0.3 is 0 Å². The summed E-state index contributed by atoms with van der Waals surface area (Å²) in [5.74, 6) is -1.06. The van der Waals surface area contributed by atoms with Gasteiger partial charge < -0.3 is 10.2 Å². The van der Waals surface area contributed by atoms with Gasteiger partial charge in [-0.05, 0) is 44.2 Å². The Bertz CT molecular complexity index is 537. The highest BCUT2D eigenvalue weighted by Gasteiger charge is 2.26. The van der Waals surface area contributed by atoms with Crippen LogP contribution < -0.4 is 5.32 Å². The van der Waals surface area contributed by atoms with Gasteiger partial charge in [0.1, 0.15) is 0 Å². The molecular weight excluding hydrogens is 286 g/mol. The molecule has 0 radical (unpaired) electrons. The Balaban J connectivity index is 1.48. The standard InChI is InChI=1S/C17H22F2N2O/c18-15-3-1-2-13(17(15)19)10-16(22)21-8-6-14(7-9-21)20-11-12-4-5-12/h1-3,12,14,20H,4-11H2. The average Bonchev–Trinajstić information content (AvgIpc) is 3.34. The molecule has 1 heterocycles. The van der Waals surface area contributed by atoms with E-state index >= 15 is 0 Å². The van der Waals surface area contributed by atoms with Crippen LogP contribution in [0.5, 0.6) is 0 Å². The molecule has 2 aliphatic rings. The summed E-state index contributed by atoms with van der Waals surface area (Å²) in [5, 5.41) is 3.56. The number of likely N-dealkylation sites (tertiary alicyclic amines) is 1. The van der Waals surface area contributed by atoms with Gasteiger partial charge in [-0.2, -0.15) is 0 Å². The fraction of sp³-hybridized carbons (Fsp3) is 0.588. The molecule has 2 fully saturated rings. The molecule has 5 heteroatoms. The van der Waals surface area contributed by atoms with Crippen LogP contribution in [0.15, 0.2) is 18.2 Å². The number of benzene rings is 1. The first-order valence-corrected chi connectivity index (χ1v) is 8.07. The molecule has 0 aromatic heterocycles. The fourth-order valence-electron chi connectivity index (χ4n) is 2.95. The molecule has 1 saturated carbocycles. The lowest BCUT2D eigenvalue weighted by Crippen LogP contribution is -2.45. The van der Waals surface area contributed by atoms with Gasteiger partial charge in [0.05, 0.1) is 6.42 Å². The summed E-state index contributed by atoms with van der Waals surface area (Å²) in [7, 11) is 0. The molecule has 1 N–H and O–H groups in total. The van der Waals surface area contributed by atoms with E-state index in [1.807, 2.05) is 0 Å². The Labute approximate surface area is 129 Å². The predicted octanol–water partition coefficient (Wildman–Crippen LogP) is 2.50. The maximum atomic E-state index is 13.6. The zero-order chi connectivity index (χ0) is 15.5. The van der Waals surface area contributed by atoms with E-state index in [0.717, 1.165) is 31.4 Å². The minimum absolute atomic E-state index is 0.0657. The van der Waals surface area contributed by atoms with Crippen LogP contribution in [0, 0.1) is 17.6 Å². The molecule has 3 rings (SSSR count). The van der Waals surface area contributed by atoms with Gasteiger partial charge in [0, 0.05) is 24.7 Å². The summed E-state index contributed by atoms with van der Waals surface area (Å²) in [6, 6.07) is 4.46. The Morgan fingerprint density at radius 3 is 2.59 bits per heavy atom. The maximum absolute atomic E-state index is 13.6. The third-order valence-electron chi connectivity index (χ3n) is 4.61. The van der Waals surface area contributed by atoms with Crippen LogP contribution in [0.2, 0.25) is 0 Å². The van der Waals surface area contributed by atoms with Gasteiger partial charge in [0.15, 0.2) is 11.6 Å². The first-order valence-electron chi connectivity index (χ1n) is 8.07. The summed E-state index contributed by atoms with van der Waals surface area (Å²) >= 11 is 0. The second kappa shape index (κ2) is 6.73. The predicted molar refractivity (Wildman–Crippen MR) is 80.4 cm³/mol. The molecule has 0 bridgehead atoms. The van der Waals surface area contributed by atoms with Crippen LogP contribution in [0.3, 0.4) is 0 Å². The molecule has 0 unspecified atom stereocenters. The largest absolute Gasteiger partial charge is 0.342 e. The summed E-state index contributed by atoms with van der Waals surface area (Å²) in [5.41, 5.74) is 0.138. The minimum Gasteiger partial charge on any atom is -0.342 e. The van der Waals surface area contributed by atoms with E-state index in [2.05, 4.69) is 5.32 Å². The normalized spacial score (nSPS) is 19.5. The van der Waals surface area contributed by atoms with Crippen molar-refractivity contribution in [3.05, 3.63) is 35.4 Å². The summed E-state index contributed by atoms with van der Waals surface area (Å²) in [6.07, 6.45) is 4.48. The van der Waals surface area contributed by atoms with Crippen molar-refractivity contribution in [2.75, 3.05) is 19.6 Å². The molecule has 120 valence electrons. The van der Waals surface area contributed by atoms with Crippen molar-refractivity contribution >= 4 is 5.91 Å². The number of nitrogens with zero attached hydrogens (tertiary/aromatic N) is 1. The smallest absolute Gasteiger partial charge is 0.227 e. The lowest BCUT2D eigenvalue weighted by atomic mass is 10.0. The number of piperidine rings is 1. The lowest BCUT2D eigenvalue weighted by Gasteiger charge is -2.32. The maximum Gasteiger partial charge on any atom is 0.227 e. The van der Waals surface area contributed by atoms with Gasteiger partial charge in [0.25, 0.3) is 0 Å². The molecule has 1 amide bonds. The zero-order valence-corrected chi connectivity index (χ0v) is 12.7. The van der Waals surface area contributed by atoms with E-state index in [1.54, 1.807) is 4.90 Å². The molecule has 3 nitrogen and oxygen atoms in total. The van der Waals surface area contributed by atoms with Crippen molar-refractivity contribution in [1.82, 2.24) is 10.2 Å². The third-order valence-corrected chi connectivity index (χ3v) is 4.61. The van der Waals surface area contributed by atoms with Crippen LogP contribution >= 0.6 is 0 Å². The van der Waals surface area contributed by atoms with Gasteiger partial charge in [-0.1, -0.05) is 12.1 Å². The second-order valence-electron chi connectivity index (χ2n) is 6.40. The first-order chi connectivity index (χ1) is 10.6. The van der Waals surface area contributed by atoms with E-state index in [9.17, 15) is 13.6 Å². The quantitative estimate of drug-likeness (QED) is 0.906. The van der Waals surface area contributed by atoms with Gasteiger partial charge in [-0.15, -0.1) is 0 Å². The highest BCUT2D eigenvalue weighted by Crippen LogP contribution is 2.28. The monoisotopic (exact) mass is 308 g/mol. The highest BCUT2D eigenvalue weighted by molar-refractivity contribution is 5.78. The highest BCUT2D eigenvalue weighted by atomic mass is 19.2. The average molecular weight is 308 g/mol. The number of carbonyl (C=O) groups is 1. The third kappa shape index (κ3) is 3.83. The molecule has 0 spiro atoms. The van der Waals surface area contributed by atoms with Crippen LogP contribution in [0.25, 0.3) is 0 Å².